The lowest BCUT2D eigenvalue weighted by Crippen LogP contribution is -2.40. The van der Waals surface area contributed by atoms with Gasteiger partial charge in [-0.05, 0) is 81.2 Å². The molecule has 2 fully saturated rings. The van der Waals surface area contributed by atoms with Crippen LogP contribution in [0, 0.1) is 0 Å². The summed E-state index contributed by atoms with van der Waals surface area (Å²) in [7, 11) is 1.88. The summed E-state index contributed by atoms with van der Waals surface area (Å²) in [6.45, 7) is 5.46. The first-order valence-electron chi connectivity index (χ1n) is 15.6. The molecule has 2 N–H and O–H groups in total. The number of ether oxygens (including phenoxy) is 1. The smallest absolute Gasteiger partial charge is 0.407 e. The van der Waals surface area contributed by atoms with Crippen LogP contribution in [0.2, 0.25) is 0 Å². The predicted octanol–water partition coefficient (Wildman–Crippen LogP) is 6.11. The summed E-state index contributed by atoms with van der Waals surface area (Å²) in [5, 5.41) is 15.2. The van der Waals surface area contributed by atoms with Crippen LogP contribution in [0.1, 0.15) is 88.5 Å². The van der Waals surface area contributed by atoms with E-state index in [0.29, 0.717) is 22.4 Å². The van der Waals surface area contributed by atoms with E-state index in [1.807, 2.05) is 24.1 Å². The first kappa shape index (κ1) is 28.3. The second kappa shape index (κ2) is 10.3. The summed E-state index contributed by atoms with van der Waals surface area (Å²) in [6.07, 6.45) is 8.43. The van der Waals surface area contributed by atoms with Crippen LogP contribution in [0.15, 0.2) is 47.4 Å². The van der Waals surface area contributed by atoms with Crippen LogP contribution in [0.5, 0.6) is 0 Å². The minimum absolute atomic E-state index is 0.0663. The molecule has 2 aliphatic carbocycles. The van der Waals surface area contributed by atoms with E-state index < -0.39 is 17.1 Å². The summed E-state index contributed by atoms with van der Waals surface area (Å²) in [5.41, 5.74) is 4.05. The van der Waals surface area contributed by atoms with Crippen molar-refractivity contribution in [1.82, 2.24) is 25.3 Å². The number of carbonyl (C=O) groups excluding carboxylic acids is 2. The number of hydrogen-bond acceptors (Lipinski definition) is 6. The molecule has 0 unspecified atom stereocenters. The molecule has 2 aromatic carbocycles. The Morgan fingerprint density at radius 1 is 1.09 bits per heavy atom. The number of anilines is 2. The number of rotatable bonds is 5. The fraction of sp³-hybridized carbons (Fsp3) is 0.441. The maximum atomic E-state index is 14.7. The maximum Gasteiger partial charge on any atom is 0.407 e. The van der Waals surface area contributed by atoms with Gasteiger partial charge >= 0.3 is 6.09 Å². The third-order valence-electron chi connectivity index (χ3n) is 9.24. The van der Waals surface area contributed by atoms with E-state index in [9.17, 15) is 14.4 Å². The number of H-pyrrole nitrogens is 1. The van der Waals surface area contributed by atoms with Crippen molar-refractivity contribution in [3.8, 4) is 11.1 Å². The van der Waals surface area contributed by atoms with Gasteiger partial charge in [-0.15, -0.1) is 0 Å². The summed E-state index contributed by atoms with van der Waals surface area (Å²) < 4.78 is 7.17. The number of amides is 2. The molecule has 1 aliphatic heterocycles. The largest absolute Gasteiger partial charge is 0.444 e. The van der Waals surface area contributed by atoms with Gasteiger partial charge in [0.1, 0.15) is 11.4 Å². The number of hydrogen-bond donors (Lipinski definition) is 2. The zero-order valence-corrected chi connectivity index (χ0v) is 25.7. The number of fused-ring (bicyclic) bond motifs is 3. The van der Waals surface area contributed by atoms with Crippen LogP contribution < -0.4 is 15.8 Å². The molecule has 2 saturated carbocycles. The molecular weight excluding hydrogens is 556 g/mol. The number of carbonyl (C=O) groups is 2. The predicted molar refractivity (Wildman–Crippen MR) is 168 cm³/mol. The first-order chi connectivity index (χ1) is 21.1. The first-order valence-corrected chi connectivity index (χ1v) is 15.6. The standard InChI is InChI=1S/C34H38N6O4/c1-33(2,3)44-32(43)35-19-27-24-17-21(13-14-23(24)29(41)38-37-27)25-18-36-39(4)30(25)40-28-22(20-11-12-20)9-8-10-26(28)34(31(40)42)15-6-5-7-16-34/h8-10,13-14,17-18,20H,5-7,11-12,15-16,19H2,1-4H3,(H,35,43)(H,38,41). The Morgan fingerprint density at radius 2 is 1.86 bits per heavy atom. The minimum Gasteiger partial charge on any atom is -0.444 e. The van der Waals surface area contributed by atoms with E-state index in [4.69, 9.17) is 4.74 Å². The fourth-order valence-corrected chi connectivity index (χ4v) is 7.08. The Morgan fingerprint density at radius 3 is 2.59 bits per heavy atom. The highest BCUT2D eigenvalue weighted by molar-refractivity contribution is 6.15. The lowest BCUT2D eigenvalue weighted by molar-refractivity contribution is -0.123. The molecule has 1 spiro atoms. The molecule has 2 aromatic heterocycles. The Kier molecular flexibility index (Phi) is 6.64. The van der Waals surface area contributed by atoms with Gasteiger partial charge in [0.15, 0.2) is 0 Å². The van der Waals surface area contributed by atoms with Gasteiger partial charge in [0.05, 0.1) is 34.9 Å². The summed E-state index contributed by atoms with van der Waals surface area (Å²) in [5.74, 6) is 1.32. The molecule has 4 aromatic rings. The fourth-order valence-electron chi connectivity index (χ4n) is 7.08. The number of nitrogens with zero attached hydrogens (tertiary/aromatic N) is 4. The van der Waals surface area contributed by atoms with Gasteiger partial charge in [-0.3, -0.25) is 19.2 Å². The molecule has 3 aliphatic rings. The van der Waals surface area contributed by atoms with Crippen LogP contribution in [0.25, 0.3) is 21.9 Å². The average Bonchev–Trinajstić information content (AvgIpc) is 3.74. The number of para-hydroxylation sites is 1. The van der Waals surface area contributed by atoms with Gasteiger partial charge in [0.25, 0.3) is 5.56 Å². The molecule has 0 saturated heterocycles. The molecule has 44 heavy (non-hydrogen) atoms. The van der Waals surface area contributed by atoms with Gasteiger partial charge in [-0.2, -0.15) is 10.2 Å². The van der Waals surface area contributed by atoms with E-state index in [0.717, 1.165) is 73.1 Å². The number of nitrogens with one attached hydrogen (secondary N) is 2. The van der Waals surface area contributed by atoms with Crippen molar-refractivity contribution in [1.29, 1.82) is 0 Å². The Labute approximate surface area is 255 Å². The van der Waals surface area contributed by atoms with E-state index in [1.165, 1.54) is 5.56 Å². The third kappa shape index (κ3) is 4.67. The van der Waals surface area contributed by atoms with Gasteiger partial charge in [0, 0.05) is 18.0 Å². The SMILES string of the molecule is Cn1ncc(-c2ccc3c(=O)[nH]nc(CNC(=O)OC(C)(C)C)c3c2)c1N1C(=O)C2(CCCCC2)c2cccc(C3CC3)c21. The Balaban J connectivity index is 1.33. The normalized spacial score (nSPS) is 17.7. The number of benzene rings is 2. The lowest BCUT2D eigenvalue weighted by Gasteiger charge is -2.32. The minimum atomic E-state index is -0.643. The Hall–Kier alpha value is -4.47. The summed E-state index contributed by atoms with van der Waals surface area (Å²) in [4.78, 5) is 41.8. The summed E-state index contributed by atoms with van der Waals surface area (Å²) in [6, 6.07) is 12.0. The van der Waals surface area contributed by atoms with Crippen LogP contribution in [-0.2, 0) is 28.5 Å². The van der Waals surface area contributed by atoms with Crippen molar-refractivity contribution >= 4 is 34.3 Å². The quantitative estimate of drug-likeness (QED) is 0.288. The van der Waals surface area contributed by atoms with Gasteiger partial charge < -0.3 is 10.1 Å². The molecule has 2 amide bonds. The second-order valence-electron chi connectivity index (χ2n) is 13.4. The van der Waals surface area contributed by atoms with Crippen LogP contribution in [0.3, 0.4) is 0 Å². The van der Waals surface area contributed by atoms with Crippen molar-refractivity contribution in [2.45, 2.75) is 89.2 Å². The highest BCUT2D eigenvalue weighted by Crippen LogP contribution is 2.58. The molecule has 10 nitrogen and oxygen atoms in total. The van der Waals surface area contributed by atoms with Gasteiger partial charge in [-0.25, -0.2) is 9.89 Å². The second-order valence-corrected chi connectivity index (χ2v) is 13.4. The number of aromatic amines is 1. The zero-order chi connectivity index (χ0) is 30.8. The van der Waals surface area contributed by atoms with E-state index in [-0.39, 0.29) is 18.0 Å². The van der Waals surface area contributed by atoms with Crippen LogP contribution >= 0.6 is 0 Å². The molecular formula is C34H38N6O4. The average molecular weight is 595 g/mol. The highest BCUT2D eigenvalue weighted by atomic mass is 16.6. The Bertz CT molecular complexity index is 1860. The molecule has 0 atom stereocenters. The van der Waals surface area contributed by atoms with Gasteiger partial charge in [-0.1, -0.05) is 43.5 Å². The molecule has 10 heteroatoms. The van der Waals surface area contributed by atoms with Crippen molar-refractivity contribution < 1.29 is 14.3 Å². The topological polar surface area (TPSA) is 122 Å². The number of alkyl carbamates (subject to hydrolysis) is 1. The lowest BCUT2D eigenvalue weighted by atomic mass is 9.70. The molecule has 7 rings (SSSR count). The van der Waals surface area contributed by atoms with Crippen molar-refractivity contribution in [3.05, 3.63) is 69.8 Å². The van der Waals surface area contributed by atoms with E-state index in [2.05, 4.69) is 38.8 Å². The zero-order valence-electron chi connectivity index (χ0n) is 25.7. The molecule has 228 valence electrons. The van der Waals surface area contributed by atoms with Crippen molar-refractivity contribution in [2.75, 3.05) is 4.90 Å². The van der Waals surface area contributed by atoms with Gasteiger partial charge in [0.2, 0.25) is 5.91 Å². The monoisotopic (exact) mass is 594 g/mol. The molecule has 0 bridgehead atoms. The van der Waals surface area contributed by atoms with Crippen LogP contribution in [-0.4, -0.2) is 37.6 Å². The molecule has 0 radical (unpaired) electrons. The number of aryl methyl sites for hydroxylation is 1. The van der Waals surface area contributed by atoms with E-state index >= 15 is 0 Å². The molecule has 3 heterocycles. The summed E-state index contributed by atoms with van der Waals surface area (Å²) >= 11 is 0. The third-order valence-corrected chi connectivity index (χ3v) is 9.24. The number of aromatic nitrogens is 4. The van der Waals surface area contributed by atoms with Crippen molar-refractivity contribution in [2.24, 2.45) is 7.05 Å². The van der Waals surface area contributed by atoms with Crippen molar-refractivity contribution in [3.63, 3.8) is 0 Å². The van der Waals surface area contributed by atoms with E-state index in [1.54, 1.807) is 37.7 Å². The highest BCUT2D eigenvalue weighted by Gasteiger charge is 2.54. The van der Waals surface area contributed by atoms with Crippen LogP contribution in [0.4, 0.5) is 16.3 Å². The maximum absolute atomic E-state index is 14.7.